The van der Waals surface area contributed by atoms with Crippen LogP contribution in [0, 0.1) is 0 Å². The van der Waals surface area contributed by atoms with Gasteiger partial charge in [-0.1, -0.05) is 13.3 Å². The van der Waals surface area contributed by atoms with Gasteiger partial charge < -0.3 is 0 Å². The topological polar surface area (TPSA) is 30.7 Å². The Morgan fingerprint density at radius 3 is 3.22 bits per heavy atom. The Balaban J connectivity index is 2.49. The van der Waals surface area contributed by atoms with Crippen molar-refractivity contribution in [1.29, 1.82) is 0 Å². The highest BCUT2D eigenvalue weighted by molar-refractivity contribution is 4.54. The molecule has 0 amide bonds. The SMILES string of the molecule is [2H]c1ncnn1CCCC. The first-order valence-electron chi connectivity index (χ1n) is 3.69. The first-order valence-corrected chi connectivity index (χ1v) is 3.19. The Labute approximate surface area is 56.1 Å². The average molecular weight is 126 g/mol. The summed E-state index contributed by atoms with van der Waals surface area (Å²) in [5, 5.41) is 3.87. The number of rotatable bonds is 3. The molecule has 0 radical (unpaired) electrons. The molecule has 0 atom stereocenters. The molecule has 0 bridgehead atoms. The van der Waals surface area contributed by atoms with Gasteiger partial charge in [0.1, 0.15) is 14.0 Å². The van der Waals surface area contributed by atoms with Crippen molar-refractivity contribution >= 4 is 0 Å². The Bertz CT molecular complexity index is 197. The van der Waals surface area contributed by atoms with Crippen LogP contribution in [0.1, 0.15) is 21.1 Å². The summed E-state index contributed by atoms with van der Waals surface area (Å²) in [7, 11) is 0. The maximum atomic E-state index is 7.22. The van der Waals surface area contributed by atoms with Crippen molar-refractivity contribution in [1.82, 2.24) is 14.8 Å². The Kier molecular flexibility index (Phi) is 1.78. The Morgan fingerprint density at radius 1 is 1.78 bits per heavy atom. The number of aryl methyl sites for hydroxylation is 1. The maximum absolute atomic E-state index is 7.22. The van der Waals surface area contributed by atoms with E-state index in [0.29, 0.717) is 0 Å². The average Bonchev–Trinajstić information content (AvgIpc) is 2.31. The Morgan fingerprint density at radius 2 is 2.67 bits per heavy atom. The quantitative estimate of drug-likeness (QED) is 0.606. The summed E-state index contributed by atoms with van der Waals surface area (Å²) in [6.07, 6.45) is 3.86. The molecule has 0 N–H and O–H groups in total. The van der Waals surface area contributed by atoms with E-state index in [0.717, 1.165) is 19.4 Å². The first-order chi connectivity index (χ1) is 4.84. The van der Waals surface area contributed by atoms with E-state index in [9.17, 15) is 0 Å². The van der Waals surface area contributed by atoms with Crippen molar-refractivity contribution in [2.24, 2.45) is 0 Å². The number of unbranched alkanes of at least 4 members (excludes halogenated alkanes) is 1. The van der Waals surface area contributed by atoms with Gasteiger partial charge in [-0.15, -0.1) is 0 Å². The fourth-order valence-corrected chi connectivity index (χ4v) is 0.622. The van der Waals surface area contributed by atoms with Crippen LogP contribution in [0.5, 0.6) is 0 Å². The zero-order valence-electron chi connectivity index (χ0n) is 6.54. The summed E-state index contributed by atoms with van der Waals surface area (Å²) in [4.78, 5) is 3.69. The molecular formula is C6H11N3. The molecule has 0 saturated heterocycles. The summed E-state index contributed by atoms with van der Waals surface area (Å²) in [6.45, 7) is 2.93. The predicted octanol–water partition coefficient (Wildman–Crippen LogP) is 1.08. The Hall–Kier alpha value is -0.860. The standard InChI is InChI=1S/C6H11N3/c1-2-3-4-9-6-7-5-8-9/h5-6H,2-4H2,1H3/i6D. The molecule has 0 aliphatic carbocycles. The molecule has 0 fully saturated rings. The van der Waals surface area contributed by atoms with Crippen LogP contribution in [0.25, 0.3) is 0 Å². The summed E-state index contributed by atoms with van der Waals surface area (Å²) in [5.74, 6) is 0. The molecule has 0 spiro atoms. The molecule has 0 saturated carbocycles. The molecule has 0 unspecified atom stereocenters. The van der Waals surface area contributed by atoms with E-state index >= 15 is 0 Å². The van der Waals surface area contributed by atoms with Crippen LogP contribution in [-0.2, 0) is 6.54 Å². The minimum Gasteiger partial charge on any atom is -0.253 e. The van der Waals surface area contributed by atoms with E-state index < -0.39 is 0 Å². The molecule has 0 aromatic carbocycles. The third kappa shape index (κ3) is 1.83. The number of nitrogens with zero attached hydrogens (tertiary/aromatic N) is 3. The van der Waals surface area contributed by atoms with Crippen molar-refractivity contribution in [3.63, 3.8) is 0 Å². The molecule has 1 rings (SSSR count). The van der Waals surface area contributed by atoms with Gasteiger partial charge in [0.05, 0.1) is 0 Å². The van der Waals surface area contributed by atoms with Crippen LogP contribution in [0.3, 0.4) is 0 Å². The maximum Gasteiger partial charge on any atom is 0.137 e. The fourth-order valence-electron chi connectivity index (χ4n) is 0.622. The molecule has 50 valence electrons. The molecule has 9 heavy (non-hydrogen) atoms. The van der Waals surface area contributed by atoms with E-state index in [1.165, 1.54) is 6.33 Å². The molecule has 1 aromatic heterocycles. The van der Waals surface area contributed by atoms with E-state index in [1.54, 1.807) is 4.68 Å². The second-order valence-electron chi connectivity index (χ2n) is 1.94. The zero-order valence-corrected chi connectivity index (χ0v) is 5.54. The second kappa shape index (κ2) is 3.22. The van der Waals surface area contributed by atoms with Crippen LogP contribution < -0.4 is 0 Å². The van der Waals surface area contributed by atoms with Gasteiger partial charge in [-0.05, 0) is 6.42 Å². The van der Waals surface area contributed by atoms with Gasteiger partial charge in [0, 0.05) is 6.54 Å². The van der Waals surface area contributed by atoms with Crippen molar-refractivity contribution in [3.8, 4) is 0 Å². The van der Waals surface area contributed by atoms with Crippen molar-refractivity contribution < 1.29 is 1.37 Å². The van der Waals surface area contributed by atoms with E-state index in [4.69, 9.17) is 1.37 Å². The minimum absolute atomic E-state index is 0.258. The van der Waals surface area contributed by atoms with Gasteiger partial charge in [-0.25, -0.2) is 4.98 Å². The van der Waals surface area contributed by atoms with Gasteiger partial charge >= 0.3 is 0 Å². The van der Waals surface area contributed by atoms with Crippen molar-refractivity contribution in [2.75, 3.05) is 0 Å². The number of aromatic nitrogens is 3. The molecule has 3 nitrogen and oxygen atoms in total. The highest BCUT2D eigenvalue weighted by Gasteiger charge is 1.86. The minimum atomic E-state index is 0.258. The third-order valence-electron chi connectivity index (χ3n) is 1.15. The lowest BCUT2D eigenvalue weighted by Gasteiger charge is -1.94. The second-order valence-corrected chi connectivity index (χ2v) is 1.94. The largest absolute Gasteiger partial charge is 0.253 e. The lowest BCUT2D eigenvalue weighted by atomic mass is 10.3. The van der Waals surface area contributed by atoms with Crippen LogP contribution in [0.4, 0.5) is 0 Å². The van der Waals surface area contributed by atoms with E-state index in [1.807, 2.05) is 0 Å². The third-order valence-corrected chi connectivity index (χ3v) is 1.15. The van der Waals surface area contributed by atoms with E-state index in [-0.39, 0.29) is 6.30 Å². The molecular weight excluding hydrogens is 114 g/mol. The van der Waals surface area contributed by atoms with Crippen molar-refractivity contribution in [3.05, 3.63) is 12.6 Å². The number of hydrogen-bond donors (Lipinski definition) is 0. The molecule has 0 aliphatic heterocycles. The lowest BCUT2D eigenvalue weighted by molar-refractivity contribution is 0.570. The fraction of sp³-hybridized carbons (Fsp3) is 0.667. The van der Waals surface area contributed by atoms with Gasteiger partial charge in [-0.2, -0.15) is 5.10 Å². The molecule has 1 heterocycles. The molecule has 1 aromatic rings. The van der Waals surface area contributed by atoms with Crippen LogP contribution in [0.15, 0.2) is 12.6 Å². The van der Waals surface area contributed by atoms with Crippen LogP contribution in [0.2, 0.25) is 0 Å². The smallest absolute Gasteiger partial charge is 0.137 e. The van der Waals surface area contributed by atoms with Gasteiger partial charge in [0.15, 0.2) is 0 Å². The van der Waals surface area contributed by atoms with Crippen LogP contribution >= 0.6 is 0 Å². The van der Waals surface area contributed by atoms with Gasteiger partial charge in [0.2, 0.25) is 0 Å². The highest BCUT2D eigenvalue weighted by atomic mass is 15.3. The van der Waals surface area contributed by atoms with E-state index in [2.05, 4.69) is 17.0 Å². The first kappa shape index (κ1) is 4.97. The summed E-state index contributed by atoms with van der Waals surface area (Å²) < 4.78 is 8.82. The lowest BCUT2D eigenvalue weighted by Crippen LogP contribution is -1.96. The van der Waals surface area contributed by atoms with Crippen molar-refractivity contribution in [2.45, 2.75) is 26.3 Å². The zero-order chi connectivity index (χ0) is 7.40. The molecule has 0 aliphatic rings. The summed E-state index contributed by atoms with van der Waals surface area (Å²) >= 11 is 0. The van der Waals surface area contributed by atoms with Gasteiger partial charge in [-0.3, -0.25) is 4.68 Å². The summed E-state index contributed by atoms with van der Waals surface area (Å²) in [6, 6.07) is 0. The number of hydrogen-bond acceptors (Lipinski definition) is 2. The normalized spacial score (nSPS) is 11.4. The summed E-state index contributed by atoms with van der Waals surface area (Å²) in [5.41, 5.74) is 0. The highest BCUT2D eigenvalue weighted by Crippen LogP contribution is 1.89. The predicted molar refractivity (Wildman–Crippen MR) is 34.9 cm³/mol. The monoisotopic (exact) mass is 126 g/mol. The van der Waals surface area contributed by atoms with Gasteiger partial charge in [0.25, 0.3) is 0 Å². The molecule has 3 heteroatoms. The van der Waals surface area contributed by atoms with Crippen LogP contribution in [-0.4, -0.2) is 14.8 Å².